The minimum atomic E-state index is 0.235. The van der Waals surface area contributed by atoms with Crippen molar-refractivity contribution in [3.63, 3.8) is 0 Å². The number of aromatic hydroxyl groups is 1. The summed E-state index contributed by atoms with van der Waals surface area (Å²) in [4.78, 5) is 0. The molecular formula is C9H11BrO2. The van der Waals surface area contributed by atoms with Crippen LogP contribution in [0.15, 0.2) is 18.2 Å². The lowest BCUT2D eigenvalue weighted by Crippen LogP contribution is -1.98. The lowest BCUT2D eigenvalue weighted by molar-refractivity contribution is 0.321. The molecule has 66 valence electrons. The maximum atomic E-state index is 9.48. The summed E-state index contributed by atoms with van der Waals surface area (Å²) in [6, 6.07) is 5.46. The van der Waals surface area contributed by atoms with Crippen LogP contribution in [-0.4, -0.2) is 17.0 Å². The van der Waals surface area contributed by atoms with E-state index in [-0.39, 0.29) is 5.75 Å². The Hall–Kier alpha value is -0.700. The third kappa shape index (κ3) is 2.14. The van der Waals surface area contributed by atoms with Crippen molar-refractivity contribution in [1.29, 1.82) is 0 Å². The molecule has 0 saturated carbocycles. The first-order chi connectivity index (χ1) is 5.75. The topological polar surface area (TPSA) is 29.5 Å². The summed E-state index contributed by atoms with van der Waals surface area (Å²) in [5, 5.41) is 10.2. The number of para-hydroxylation sites is 1. The smallest absolute Gasteiger partial charge is 0.161 e. The van der Waals surface area contributed by atoms with Gasteiger partial charge in [0.05, 0.1) is 6.61 Å². The fraction of sp³-hybridized carbons (Fsp3) is 0.333. The van der Waals surface area contributed by atoms with Crippen LogP contribution >= 0.6 is 15.9 Å². The van der Waals surface area contributed by atoms with Crippen molar-refractivity contribution in [2.45, 2.75) is 6.92 Å². The quantitative estimate of drug-likeness (QED) is 0.809. The summed E-state index contributed by atoms with van der Waals surface area (Å²) in [6.07, 6.45) is 0. The van der Waals surface area contributed by atoms with E-state index in [0.29, 0.717) is 12.4 Å². The van der Waals surface area contributed by atoms with Gasteiger partial charge in [-0.2, -0.15) is 0 Å². The van der Waals surface area contributed by atoms with Crippen LogP contribution in [0, 0.1) is 6.92 Å². The normalized spacial score (nSPS) is 9.83. The van der Waals surface area contributed by atoms with Crippen LogP contribution in [0.2, 0.25) is 0 Å². The van der Waals surface area contributed by atoms with Gasteiger partial charge in [0.1, 0.15) is 0 Å². The van der Waals surface area contributed by atoms with Gasteiger partial charge in [-0.1, -0.05) is 28.1 Å². The fourth-order valence-corrected chi connectivity index (χ4v) is 1.06. The number of aryl methyl sites for hydroxylation is 1. The van der Waals surface area contributed by atoms with Crippen LogP contribution in [0.1, 0.15) is 5.56 Å². The highest BCUT2D eigenvalue weighted by atomic mass is 79.9. The van der Waals surface area contributed by atoms with Gasteiger partial charge in [-0.15, -0.1) is 0 Å². The van der Waals surface area contributed by atoms with E-state index >= 15 is 0 Å². The Balaban J connectivity index is 2.78. The molecule has 0 fully saturated rings. The van der Waals surface area contributed by atoms with E-state index < -0.39 is 0 Å². The van der Waals surface area contributed by atoms with E-state index in [0.717, 1.165) is 10.9 Å². The molecule has 3 heteroatoms. The predicted octanol–water partition coefficient (Wildman–Crippen LogP) is 2.47. The van der Waals surface area contributed by atoms with Gasteiger partial charge in [0, 0.05) is 5.33 Å². The number of hydrogen-bond acceptors (Lipinski definition) is 2. The van der Waals surface area contributed by atoms with E-state index in [2.05, 4.69) is 15.9 Å². The minimum Gasteiger partial charge on any atom is -0.504 e. The average molecular weight is 231 g/mol. The minimum absolute atomic E-state index is 0.235. The molecule has 0 amide bonds. The lowest BCUT2D eigenvalue weighted by Gasteiger charge is -2.07. The van der Waals surface area contributed by atoms with E-state index in [1.54, 1.807) is 6.07 Å². The zero-order chi connectivity index (χ0) is 8.97. The second kappa shape index (κ2) is 4.36. The van der Waals surface area contributed by atoms with E-state index in [4.69, 9.17) is 4.74 Å². The third-order valence-electron chi connectivity index (χ3n) is 1.54. The van der Waals surface area contributed by atoms with Crippen LogP contribution in [0.3, 0.4) is 0 Å². The molecule has 0 aliphatic heterocycles. The molecule has 12 heavy (non-hydrogen) atoms. The second-order valence-electron chi connectivity index (χ2n) is 2.46. The van der Waals surface area contributed by atoms with E-state index in [1.165, 1.54) is 0 Å². The van der Waals surface area contributed by atoms with Crippen molar-refractivity contribution < 1.29 is 9.84 Å². The molecule has 1 rings (SSSR count). The number of ether oxygens (including phenoxy) is 1. The van der Waals surface area contributed by atoms with Gasteiger partial charge in [0.2, 0.25) is 0 Å². The number of alkyl halides is 1. The van der Waals surface area contributed by atoms with Gasteiger partial charge < -0.3 is 9.84 Å². The van der Waals surface area contributed by atoms with Crippen molar-refractivity contribution in [3.8, 4) is 11.5 Å². The molecule has 0 atom stereocenters. The molecule has 0 aromatic heterocycles. The van der Waals surface area contributed by atoms with Crippen molar-refractivity contribution in [2.75, 3.05) is 11.9 Å². The maximum Gasteiger partial charge on any atom is 0.161 e. The summed E-state index contributed by atoms with van der Waals surface area (Å²) in [6.45, 7) is 2.41. The third-order valence-corrected chi connectivity index (χ3v) is 1.86. The number of rotatable bonds is 3. The highest BCUT2D eigenvalue weighted by Gasteiger charge is 2.02. The standard InChI is InChI=1S/C9H11BrO2/c1-7-3-2-4-8(9(7)11)12-6-5-10/h2-4,11H,5-6H2,1H3. The van der Waals surface area contributed by atoms with Crippen LogP contribution < -0.4 is 4.74 Å². The molecule has 1 aromatic rings. The Morgan fingerprint density at radius 3 is 2.92 bits per heavy atom. The first-order valence-corrected chi connectivity index (χ1v) is 4.85. The molecule has 0 bridgehead atoms. The first-order valence-electron chi connectivity index (χ1n) is 3.73. The van der Waals surface area contributed by atoms with Crippen LogP contribution in [0.4, 0.5) is 0 Å². The molecule has 0 unspecified atom stereocenters. The molecule has 0 aliphatic rings. The predicted molar refractivity (Wildman–Crippen MR) is 52.1 cm³/mol. The lowest BCUT2D eigenvalue weighted by atomic mass is 10.2. The van der Waals surface area contributed by atoms with Crippen LogP contribution in [0.5, 0.6) is 11.5 Å². The maximum absolute atomic E-state index is 9.48. The molecule has 0 spiro atoms. The Morgan fingerprint density at radius 2 is 2.25 bits per heavy atom. The molecule has 0 aliphatic carbocycles. The molecular weight excluding hydrogens is 220 g/mol. The van der Waals surface area contributed by atoms with Gasteiger partial charge in [-0.05, 0) is 18.6 Å². The van der Waals surface area contributed by atoms with E-state index in [9.17, 15) is 5.11 Å². The van der Waals surface area contributed by atoms with Crippen molar-refractivity contribution in [2.24, 2.45) is 0 Å². The average Bonchev–Trinajstić information content (AvgIpc) is 2.08. The Kier molecular flexibility index (Phi) is 3.41. The molecule has 2 nitrogen and oxygen atoms in total. The van der Waals surface area contributed by atoms with Gasteiger partial charge in [0.25, 0.3) is 0 Å². The van der Waals surface area contributed by atoms with Crippen molar-refractivity contribution >= 4 is 15.9 Å². The Labute approximate surface area is 80.3 Å². The molecule has 1 N–H and O–H groups in total. The summed E-state index contributed by atoms with van der Waals surface area (Å²) in [5.74, 6) is 0.785. The van der Waals surface area contributed by atoms with Crippen LogP contribution in [0.25, 0.3) is 0 Å². The van der Waals surface area contributed by atoms with E-state index in [1.807, 2.05) is 19.1 Å². The zero-order valence-electron chi connectivity index (χ0n) is 6.88. The summed E-state index contributed by atoms with van der Waals surface area (Å²) < 4.78 is 5.27. The number of hydrogen-bond donors (Lipinski definition) is 1. The van der Waals surface area contributed by atoms with Gasteiger partial charge in [-0.25, -0.2) is 0 Å². The Morgan fingerprint density at radius 1 is 1.50 bits per heavy atom. The number of phenolic OH excluding ortho intramolecular Hbond substituents is 1. The molecule has 0 radical (unpaired) electrons. The van der Waals surface area contributed by atoms with Gasteiger partial charge in [0.15, 0.2) is 11.5 Å². The zero-order valence-corrected chi connectivity index (χ0v) is 8.47. The molecule has 1 aromatic carbocycles. The largest absolute Gasteiger partial charge is 0.504 e. The van der Waals surface area contributed by atoms with Crippen molar-refractivity contribution in [3.05, 3.63) is 23.8 Å². The summed E-state index contributed by atoms with van der Waals surface area (Å²) in [5.41, 5.74) is 0.835. The monoisotopic (exact) mass is 230 g/mol. The van der Waals surface area contributed by atoms with Crippen LogP contribution in [-0.2, 0) is 0 Å². The SMILES string of the molecule is Cc1cccc(OCCBr)c1O. The Bertz CT molecular complexity index is 261. The number of benzene rings is 1. The summed E-state index contributed by atoms with van der Waals surface area (Å²) in [7, 11) is 0. The fourth-order valence-electron chi connectivity index (χ4n) is 0.897. The van der Waals surface area contributed by atoms with Gasteiger partial charge in [-0.3, -0.25) is 0 Å². The second-order valence-corrected chi connectivity index (χ2v) is 3.25. The van der Waals surface area contributed by atoms with Gasteiger partial charge >= 0.3 is 0 Å². The highest BCUT2D eigenvalue weighted by Crippen LogP contribution is 2.28. The number of halogens is 1. The number of phenols is 1. The molecule has 0 heterocycles. The first kappa shape index (κ1) is 9.39. The van der Waals surface area contributed by atoms with Crippen molar-refractivity contribution in [1.82, 2.24) is 0 Å². The highest BCUT2D eigenvalue weighted by molar-refractivity contribution is 9.09. The summed E-state index contributed by atoms with van der Waals surface area (Å²) >= 11 is 3.24. The molecule has 0 saturated heterocycles.